The van der Waals surface area contributed by atoms with Crippen LogP contribution in [0.2, 0.25) is 0 Å². The summed E-state index contributed by atoms with van der Waals surface area (Å²) in [6.45, 7) is 4.01. The third kappa shape index (κ3) is 69.3. The Hall–Kier alpha value is -3.85. The maximum atomic E-state index is 12.9. The van der Waals surface area contributed by atoms with Gasteiger partial charge in [-0.25, -0.2) is 0 Å². The summed E-state index contributed by atoms with van der Waals surface area (Å²) in [5, 5.41) is 0. The molecular weight excluding hydrogens is 1090 g/mol. The van der Waals surface area contributed by atoms with Crippen molar-refractivity contribution in [2.24, 2.45) is 0 Å². The Labute approximate surface area is 530 Å². The summed E-state index contributed by atoms with van der Waals surface area (Å²) in [6, 6.07) is 0. The minimum atomic E-state index is -4.65. The number of unbranched alkanes of at least 4 members (excludes halogenated alkanes) is 27. The van der Waals surface area contributed by atoms with E-state index in [0.29, 0.717) is 17.4 Å². The minimum Gasteiger partial charge on any atom is -0.756 e. The molecule has 0 aromatic carbocycles. The maximum Gasteiger partial charge on any atom is 0.306 e. The van der Waals surface area contributed by atoms with Crippen molar-refractivity contribution in [3.63, 3.8) is 0 Å². The Morgan fingerprint density at radius 2 is 0.628 bits per heavy atom. The van der Waals surface area contributed by atoms with Gasteiger partial charge < -0.3 is 27.9 Å². The molecule has 2 unspecified atom stereocenters. The first kappa shape index (κ1) is 82.1. The van der Waals surface area contributed by atoms with E-state index in [9.17, 15) is 19.0 Å². The van der Waals surface area contributed by atoms with Gasteiger partial charge in [-0.1, -0.05) is 295 Å². The van der Waals surface area contributed by atoms with Gasteiger partial charge in [0, 0.05) is 12.8 Å². The van der Waals surface area contributed by atoms with Crippen molar-refractivity contribution in [1.82, 2.24) is 0 Å². The van der Waals surface area contributed by atoms with Crippen molar-refractivity contribution in [3.8, 4) is 0 Å². The molecule has 0 saturated heterocycles. The molecule has 10 heteroatoms. The highest BCUT2D eigenvalue weighted by Crippen LogP contribution is 2.38. The summed E-state index contributed by atoms with van der Waals surface area (Å²) in [4.78, 5) is 38.0. The second-order valence-electron chi connectivity index (χ2n) is 24.1. The average molecular weight is 1220 g/mol. The fourth-order valence-corrected chi connectivity index (χ4v) is 10.1. The highest BCUT2D eigenvalue weighted by molar-refractivity contribution is 7.45. The standard InChI is InChI=1S/C76H130NO8P/c1-6-8-10-12-14-16-18-20-22-24-26-28-29-30-31-32-33-34-35-36-37-38-39-40-41-42-43-44-45-46-47-49-51-53-55-57-59-61-63-65-67-69-76(79)85-74(73-84-86(80,81)83-71-70-77(3,4)5)72-82-75(78)68-66-64-62-60-58-56-54-52-50-48-27-25-23-21-19-17-15-13-11-9-7-2/h8-11,14-17,20-23,26-28,30-31,33-34,36-37,48,74H,6-7,12-13,18-19,24-25,29,32,35,38-47,49-73H2,1-5H3/b10-8-,11-9-,16-14-,17-15-,22-20-,23-21-,28-26-,31-30-,34-33-,37-36-,48-27-. The number of hydrogen-bond acceptors (Lipinski definition) is 8. The zero-order valence-corrected chi connectivity index (χ0v) is 56.9. The Morgan fingerprint density at radius 3 is 0.930 bits per heavy atom. The second-order valence-corrected chi connectivity index (χ2v) is 25.5. The fourth-order valence-electron chi connectivity index (χ4n) is 9.39. The van der Waals surface area contributed by atoms with Gasteiger partial charge in [-0.15, -0.1) is 0 Å². The molecule has 0 aromatic heterocycles. The molecule has 0 aliphatic heterocycles. The summed E-state index contributed by atoms with van der Waals surface area (Å²) >= 11 is 0. The van der Waals surface area contributed by atoms with Crippen LogP contribution in [0.15, 0.2) is 134 Å². The third-order valence-corrected chi connectivity index (χ3v) is 15.6. The van der Waals surface area contributed by atoms with Gasteiger partial charge in [0.1, 0.15) is 19.8 Å². The number of phosphoric acid groups is 1. The molecule has 0 aliphatic carbocycles. The summed E-state index contributed by atoms with van der Waals surface area (Å²) in [5.41, 5.74) is 0. The molecule has 0 radical (unpaired) electrons. The number of ether oxygens (including phenoxy) is 2. The molecule has 0 heterocycles. The molecule has 86 heavy (non-hydrogen) atoms. The van der Waals surface area contributed by atoms with Gasteiger partial charge in [0.05, 0.1) is 27.7 Å². The van der Waals surface area contributed by atoms with Crippen molar-refractivity contribution >= 4 is 19.8 Å². The smallest absolute Gasteiger partial charge is 0.306 e. The van der Waals surface area contributed by atoms with Crippen LogP contribution < -0.4 is 4.89 Å². The third-order valence-electron chi connectivity index (χ3n) is 14.7. The van der Waals surface area contributed by atoms with Gasteiger partial charge in [-0.05, 0) is 109 Å². The largest absolute Gasteiger partial charge is 0.756 e. The van der Waals surface area contributed by atoms with Crippen molar-refractivity contribution in [1.29, 1.82) is 0 Å². The van der Waals surface area contributed by atoms with Crippen LogP contribution in [0, 0.1) is 0 Å². The van der Waals surface area contributed by atoms with Crippen LogP contribution in [0.3, 0.4) is 0 Å². The lowest BCUT2D eigenvalue weighted by atomic mass is 10.0. The van der Waals surface area contributed by atoms with Crippen molar-refractivity contribution < 1.29 is 42.1 Å². The summed E-state index contributed by atoms with van der Waals surface area (Å²) in [6.07, 6.45) is 95.3. The maximum absolute atomic E-state index is 12.9. The first-order valence-electron chi connectivity index (χ1n) is 34.9. The van der Waals surface area contributed by atoms with Crippen LogP contribution in [0.5, 0.6) is 0 Å². The van der Waals surface area contributed by atoms with Crippen LogP contribution >= 0.6 is 7.82 Å². The number of rotatable bonds is 63. The van der Waals surface area contributed by atoms with E-state index in [0.717, 1.165) is 122 Å². The quantitative estimate of drug-likeness (QED) is 0.0195. The lowest BCUT2D eigenvalue weighted by Crippen LogP contribution is -2.37. The van der Waals surface area contributed by atoms with Crippen molar-refractivity contribution in [2.45, 2.75) is 290 Å². The molecule has 0 fully saturated rings. The molecule has 0 aromatic rings. The zero-order chi connectivity index (χ0) is 62.6. The van der Waals surface area contributed by atoms with E-state index >= 15 is 0 Å². The number of quaternary nitrogens is 1. The van der Waals surface area contributed by atoms with Crippen LogP contribution in [0.25, 0.3) is 0 Å². The number of carbonyl (C=O) groups is 2. The van der Waals surface area contributed by atoms with E-state index in [4.69, 9.17) is 18.5 Å². The molecule has 0 rings (SSSR count). The molecule has 492 valence electrons. The number of phosphoric ester groups is 1. The Bertz CT molecular complexity index is 1910. The number of hydrogen-bond donors (Lipinski definition) is 0. The SMILES string of the molecule is CC/C=C\C/C=C\C/C=C\C/C=C\C/C=C\C/C=C\C/C=C\CCCCCCCCCCCCCCCCCCCCCC(=O)OC(COC(=O)CCCCCCCCCC/C=C\C/C=C\C/C=C\C/C=C\CC)COP(=O)([O-])OCC[N+](C)(C)C. The van der Waals surface area contributed by atoms with Crippen LogP contribution in [-0.2, 0) is 32.7 Å². The Morgan fingerprint density at radius 1 is 0.360 bits per heavy atom. The summed E-state index contributed by atoms with van der Waals surface area (Å²) < 4.78 is 34.3. The molecular formula is C76H130NO8P. The number of likely N-dealkylation sites (N-methyl/N-ethyl adjacent to an activating group) is 1. The number of carbonyl (C=O) groups excluding carboxylic acids is 2. The zero-order valence-electron chi connectivity index (χ0n) is 56.0. The predicted molar refractivity (Wildman–Crippen MR) is 369 cm³/mol. The molecule has 0 bridgehead atoms. The molecule has 0 N–H and O–H groups in total. The van der Waals surface area contributed by atoms with Gasteiger partial charge in [0.2, 0.25) is 0 Å². The lowest BCUT2D eigenvalue weighted by molar-refractivity contribution is -0.870. The monoisotopic (exact) mass is 1220 g/mol. The van der Waals surface area contributed by atoms with E-state index in [2.05, 4.69) is 148 Å². The topological polar surface area (TPSA) is 111 Å². The van der Waals surface area contributed by atoms with E-state index < -0.39 is 32.5 Å². The van der Waals surface area contributed by atoms with Crippen LogP contribution in [0.1, 0.15) is 284 Å². The predicted octanol–water partition coefficient (Wildman–Crippen LogP) is 22.2. The highest BCUT2D eigenvalue weighted by Gasteiger charge is 2.22. The molecule has 0 spiro atoms. The van der Waals surface area contributed by atoms with E-state index in [1.54, 1.807) is 0 Å². The molecule has 0 amide bonds. The Balaban J connectivity index is 4.00. The van der Waals surface area contributed by atoms with Crippen LogP contribution in [-0.4, -0.2) is 70.0 Å². The van der Waals surface area contributed by atoms with E-state index in [-0.39, 0.29) is 26.1 Å². The second kappa shape index (κ2) is 65.6. The minimum absolute atomic E-state index is 0.0364. The van der Waals surface area contributed by atoms with Crippen molar-refractivity contribution in [2.75, 3.05) is 47.5 Å². The van der Waals surface area contributed by atoms with Crippen LogP contribution in [0.4, 0.5) is 0 Å². The number of esters is 2. The van der Waals surface area contributed by atoms with Gasteiger partial charge in [-0.2, -0.15) is 0 Å². The van der Waals surface area contributed by atoms with Crippen molar-refractivity contribution in [3.05, 3.63) is 134 Å². The van der Waals surface area contributed by atoms with Gasteiger partial charge in [-0.3, -0.25) is 14.2 Å². The lowest BCUT2D eigenvalue weighted by Gasteiger charge is -2.28. The summed E-state index contributed by atoms with van der Waals surface area (Å²) in [5.74, 6) is -0.840. The number of nitrogens with zero attached hydrogens (tertiary/aromatic N) is 1. The van der Waals surface area contributed by atoms with Gasteiger partial charge in [0.15, 0.2) is 6.10 Å². The van der Waals surface area contributed by atoms with E-state index in [1.807, 2.05) is 21.1 Å². The molecule has 0 aliphatic rings. The first-order chi connectivity index (χ1) is 42.0. The normalized spacial score (nSPS) is 14.0. The first-order valence-corrected chi connectivity index (χ1v) is 36.4. The van der Waals surface area contributed by atoms with Gasteiger partial charge in [0.25, 0.3) is 7.82 Å². The number of allylic oxidation sites excluding steroid dienone is 22. The Kier molecular flexibility index (Phi) is 62.7. The fraction of sp³-hybridized carbons (Fsp3) is 0.684. The molecule has 9 nitrogen and oxygen atoms in total. The van der Waals surface area contributed by atoms with Gasteiger partial charge >= 0.3 is 11.9 Å². The highest BCUT2D eigenvalue weighted by atomic mass is 31.2. The molecule has 0 saturated carbocycles. The average Bonchev–Trinajstić information content (AvgIpc) is 3.70. The van der Waals surface area contributed by atoms with E-state index in [1.165, 1.54) is 128 Å². The molecule has 2 atom stereocenters. The summed E-state index contributed by atoms with van der Waals surface area (Å²) in [7, 11) is 1.16.